The van der Waals surface area contributed by atoms with E-state index in [2.05, 4.69) is 22.3 Å². The third-order valence-corrected chi connectivity index (χ3v) is 4.33. The molecule has 0 bridgehead atoms. The Morgan fingerprint density at radius 3 is 2.44 bits per heavy atom. The van der Waals surface area contributed by atoms with Gasteiger partial charge in [-0.2, -0.15) is 0 Å². The SMILES string of the molecule is COc1ccccc1C(CNC(=O)CCCc1ccccc1)N(C)C. The largest absolute Gasteiger partial charge is 0.496 e. The van der Waals surface area contributed by atoms with Crippen LogP contribution in [-0.4, -0.2) is 38.6 Å². The van der Waals surface area contributed by atoms with E-state index in [-0.39, 0.29) is 11.9 Å². The zero-order valence-corrected chi connectivity index (χ0v) is 15.4. The first-order chi connectivity index (χ1) is 12.1. The predicted octanol–water partition coefficient (Wildman–Crippen LogP) is 3.44. The van der Waals surface area contributed by atoms with Crippen molar-refractivity contribution in [2.75, 3.05) is 27.7 Å². The van der Waals surface area contributed by atoms with Crippen molar-refractivity contribution in [2.24, 2.45) is 0 Å². The number of rotatable bonds is 9. The van der Waals surface area contributed by atoms with E-state index < -0.39 is 0 Å². The van der Waals surface area contributed by atoms with Crippen molar-refractivity contribution in [3.05, 3.63) is 65.7 Å². The molecule has 0 saturated carbocycles. The van der Waals surface area contributed by atoms with E-state index in [1.54, 1.807) is 7.11 Å². The van der Waals surface area contributed by atoms with Crippen molar-refractivity contribution in [3.63, 3.8) is 0 Å². The lowest BCUT2D eigenvalue weighted by atomic mass is 10.0. The second-order valence-corrected chi connectivity index (χ2v) is 6.36. The summed E-state index contributed by atoms with van der Waals surface area (Å²) in [5.74, 6) is 0.942. The third-order valence-electron chi connectivity index (χ3n) is 4.33. The van der Waals surface area contributed by atoms with Crippen molar-refractivity contribution in [2.45, 2.75) is 25.3 Å². The van der Waals surface area contributed by atoms with Gasteiger partial charge in [-0.15, -0.1) is 0 Å². The Balaban J connectivity index is 1.85. The zero-order valence-electron chi connectivity index (χ0n) is 15.4. The number of hydrogen-bond acceptors (Lipinski definition) is 3. The van der Waals surface area contributed by atoms with E-state index in [0.717, 1.165) is 24.2 Å². The summed E-state index contributed by atoms with van der Waals surface area (Å²) in [6.45, 7) is 0.567. The number of para-hydroxylation sites is 1. The van der Waals surface area contributed by atoms with Crippen LogP contribution in [0.2, 0.25) is 0 Å². The van der Waals surface area contributed by atoms with Gasteiger partial charge in [-0.05, 0) is 38.6 Å². The number of hydrogen-bond donors (Lipinski definition) is 1. The topological polar surface area (TPSA) is 41.6 Å². The summed E-state index contributed by atoms with van der Waals surface area (Å²) in [5.41, 5.74) is 2.36. The van der Waals surface area contributed by atoms with Gasteiger partial charge >= 0.3 is 0 Å². The molecule has 0 heterocycles. The van der Waals surface area contributed by atoms with E-state index in [1.807, 2.05) is 56.6 Å². The molecule has 134 valence electrons. The number of ether oxygens (including phenoxy) is 1. The number of carbonyl (C=O) groups is 1. The van der Waals surface area contributed by atoms with Gasteiger partial charge in [0.1, 0.15) is 5.75 Å². The molecule has 2 rings (SSSR count). The van der Waals surface area contributed by atoms with Gasteiger partial charge in [0.25, 0.3) is 0 Å². The Morgan fingerprint density at radius 1 is 1.08 bits per heavy atom. The fraction of sp³-hybridized carbons (Fsp3) is 0.381. The van der Waals surface area contributed by atoms with Crippen LogP contribution in [0.15, 0.2) is 54.6 Å². The van der Waals surface area contributed by atoms with Crippen molar-refractivity contribution >= 4 is 5.91 Å². The Morgan fingerprint density at radius 2 is 1.76 bits per heavy atom. The number of amides is 1. The molecule has 0 saturated heterocycles. The molecule has 0 aromatic heterocycles. The molecule has 4 heteroatoms. The average Bonchev–Trinajstić information content (AvgIpc) is 2.63. The Kier molecular flexibility index (Phi) is 7.48. The van der Waals surface area contributed by atoms with Crippen LogP contribution in [0, 0.1) is 0 Å². The summed E-state index contributed by atoms with van der Waals surface area (Å²) in [4.78, 5) is 14.3. The minimum absolute atomic E-state index is 0.0780. The standard InChI is InChI=1S/C21H28N2O2/c1-23(2)19(18-13-7-8-14-20(18)25-3)16-22-21(24)15-9-12-17-10-5-4-6-11-17/h4-8,10-11,13-14,19H,9,12,15-16H2,1-3H3,(H,22,24). The molecule has 2 aromatic carbocycles. The molecular formula is C21H28N2O2. The van der Waals surface area contributed by atoms with Gasteiger partial charge in [0.2, 0.25) is 5.91 Å². The van der Waals surface area contributed by atoms with Crippen LogP contribution in [-0.2, 0) is 11.2 Å². The summed E-state index contributed by atoms with van der Waals surface area (Å²) in [7, 11) is 5.70. The summed E-state index contributed by atoms with van der Waals surface area (Å²) in [5, 5.41) is 3.06. The molecule has 1 N–H and O–H groups in total. The number of aryl methyl sites for hydroxylation is 1. The minimum atomic E-state index is 0.0780. The Bertz CT molecular complexity index is 656. The third kappa shape index (κ3) is 5.91. The van der Waals surface area contributed by atoms with Crippen molar-refractivity contribution in [3.8, 4) is 5.75 Å². The van der Waals surface area contributed by atoms with Gasteiger partial charge in [-0.1, -0.05) is 48.5 Å². The van der Waals surface area contributed by atoms with E-state index in [4.69, 9.17) is 4.74 Å². The first-order valence-electron chi connectivity index (χ1n) is 8.71. The van der Waals surface area contributed by atoms with Crippen LogP contribution in [0.25, 0.3) is 0 Å². The lowest BCUT2D eigenvalue weighted by Gasteiger charge is -2.26. The average molecular weight is 340 g/mol. The summed E-state index contributed by atoms with van der Waals surface area (Å²) >= 11 is 0. The van der Waals surface area contributed by atoms with Crippen LogP contribution in [0.1, 0.15) is 30.0 Å². The highest BCUT2D eigenvalue weighted by Crippen LogP contribution is 2.27. The van der Waals surface area contributed by atoms with Gasteiger partial charge in [-0.3, -0.25) is 4.79 Å². The lowest BCUT2D eigenvalue weighted by Crippen LogP contribution is -2.34. The normalized spacial score (nSPS) is 12.0. The number of methoxy groups -OCH3 is 1. The van der Waals surface area contributed by atoms with Crippen molar-refractivity contribution in [1.29, 1.82) is 0 Å². The molecule has 0 aliphatic rings. The maximum absolute atomic E-state index is 12.2. The van der Waals surface area contributed by atoms with Crippen LogP contribution in [0.3, 0.4) is 0 Å². The van der Waals surface area contributed by atoms with Gasteiger partial charge in [-0.25, -0.2) is 0 Å². The zero-order chi connectivity index (χ0) is 18.1. The first kappa shape index (κ1) is 19.0. The molecule has 4 nitrogen and oxygen atoms in total. The van der Waals surface area contributed by atoms with E-state index >= 15 is 0 Å². The fourth-order valence-corrected chi connectivity index (χ4v) is 2.91. The molecule has 0 radical (unpaired) electrons. The van der Waals surface area contributed by atoms with Crippen molar-refractivity contribution < 1.29 is 9.53 Å². The molecule has 25 heavy (non-hydrogen) atoms. The lowest BCUT2D eigenvalue weighted by molar-refractivity contribution is -0.121. The van der Waals surface area contributed by atoms with Crippen LogP contribution in [0.4, 0.5) is 0 Å². The smallest absolute Gasteiger partial charge is 0.220 e. The quantitative estimate of drug-likeness (QED) is 0.760. The van der Waals surface area contributed by atoms with Crippen LogP contribution in [0.5, 0.6) is 5.75 Å². The summed E-state index contributed by atoms with van der Waals surface area (Å²) in [6, 6.07) is 18.3. The number of nitrogens with zero attached hydrogens (tertiary/aromatic N) is 1. The molecule has 0 fully saturated rings. The number of carbonyl (C=O) groups excluding carboxylic acids is 1. The molecule has 1 amide bonds. The van der Waals surface area contributed by atoms with Gasteiger partial charge in [0.05, 0.1) is 13.2 Å². The minimum Gasteiger partial charge on any atom is -0.496 e. The monoisotopic (exact) mass is 340 g/mol. The molecule has 0 aliphatic carbocycles. The second kappa shape index (κ2) is 9.84. The van der Waals surface area contributed by atoms with Crippen LogP contribution >= 0.6 is 0 Å². The maximum atomic E-state index is 12.2. The first-order valence-corrected chi connectivity index (χ1v) is 8.71. The summed E-state index contributed by atoms with van der Waals surface area (Å²) in [6.07, 6.45) is 2.33. The Hall–Kier alpha value is -2.33. The van der Waals surface area contributed by atoms with Gasteiger partial charge in [0, 0.05) is 18.5 Å². The van der Waals surface area contributed by atoms with Gasteiger partial charge in [0.15, 0.2) is 0 Å². The highest BCUT2D eigenvalue weighted by atomic mass is 16.5. The molecule has 0 spiro atoms. The van der Waals surface area contributed by atoms with Gasteiger partial charge < -0.3 is 15.0 Å². The molecule has 2 aromatic rings. The molecule has 0 aliphatic heterocycles. The van der Waals surface area contributed by atoms with E-state index in [9.17, 15) is 4.79 Å². The number of nitrogens with one attached hydrogen (secondary N) is 1. The molecular weight excluding hydrogens is 312 g/mol. The maximum Gasteiger partial charge on any atom is 0.220 e. The molecule has 1 atom stereocenters. The number of benzene rings is 2. The molecule has 1 unspecified atom stereocenters. The van der Waals surface area contributed by atoms with E-state index in [0.29, 0.717) is 13.0 Å². The summed E-state index contributed by atoms with van der Waals surface area (Å²) < 4.78 is 5.46. The van der Waals surface area contributed by atoms with Crippen molar-refractivity contribution in [1.82, 2.24) is 10.2 Å². The Labute approximate surface area is 150 Å². The fourth-order valence-electron chi connectivity index (χ4n) is 2.91. The highest BCUT2D eigenvalue weighted by Gasteiger charge is 2.18. The number of likely N-dealkylation sites (N-methyl/N-ethyl adjacent to an activating group) is 1. The highest BCUT2D eigenvalue weighted by molar-refractivity contribution is 5.75. The van der Waals surface area contributed by atoms with Crippen LogP contribution < -0.4 is 10.1 Å². The van der Waals surface area contributed by atoms with E-state index in [1.165, 1.54) is 5.56 Å². The predicted molar refractivity (Wildman–Crippen MR) is 102 cm³/mol. The second-order valence-electron chi connectivity index (χ2n) is 6.36.